The van der Waals surface area contributed by atoms with Crippen LogP contribution in [0.1, 0.15) is 17.4 Å². The Bertz CT molecular complexity index is 955. The van der Waals surface area contributed by atoms with E-state index >= 15 is 0 Å². The molecule has 0 saturated heterocycles. The van der Waals surface area contributed by atoms with Gasteiger partial charge < -0.3 is 9.30 Å². The third-order valence-electron chi connectivity index (χ3n) is 3.72. The molecule has 132 valence electrons. The number of rotatable bonds is 6. The summed E-state index contributed by atoms with van der Waals surface area (Å²) in [7, 11) is 1.74. The number of carbonyl (C=O) groups excluding carboxylic acids is 1. The summed E-state index contributed by atoms with van der Waals surface area (Å²) >= 11 is 3.27. The minimum atomic E-state index is -0.283. The van der Waals surface area contributed by atoms with Crippen molar-refractivity contribution in [1.29, 1.82) is 0 Å². The molecule has 0 aliphatic rings. The second-order valence-electron chi connectivity index (χ2n) is 5.35. The van der Waals surface area contributed by atoms with Crippen LogP contribution >= 0.6 is 23.1 Å². The molecule has 0 aliphatic heterocycles. The van der Waals surface area contributed by atoms with Gasteiger partial charge >= 0.3 is 0 Å². The molecular formula is C17H20N4O2S2. The largest absolute Gasteiger partial charge is 0.494 e. The fourth-order valence-electron chi connectivity index (χ4n) is 2.52. The van der Waals surface area contributed by atoms with E-state index in [0.717, 1.165) is 28.3 Å². The molecule has 25 heavy (non-hydrogen) atoms. The lowest BCUT2D eigenvalue weighted by atomic mass is 10.3. The Morgan fingerprint density at radius 3 is 2.92 bits per heavy atom. The second kappa shape index (κ2) is 7.88. The molecule has 0 radical (unpaired) electrons. The number of aromatic nitrogens is 3. The van der Waals surface area contributed by atoms with Gasteiger partial charge in [0.15, 0.2) is 4.80 Å². The molecule has 2 heterocycles. The van der Waals surface area contributed by atoms with Gasteiger partial charge in [0.25, 0.3) is 5.91 Å². The van der Waals surface area contributed by atoms with E-state index in [1.165, 1.54) is 11.3 Å². The van der Waals surface area contributed by atoms with E-state index in [-0.39, 0.29) is 5.91 Å². The van der Waals surface area contributed by atoms with Gasteiger partial charge in [0.2, 0.25) is 0 Å². The highest BCUT2D eigenvalue weighted by atomic mass is 32.2. The zero-order valence-electron chi connectivity index (χ0n) is 14.4. The van der Waals surface area contributed by atoms with Crippen molar-refractivity contribution in [2.45, 2.75) is 13.5 Å². The number of nitrogens with zero attached hydrogens (tertiary/aromatic N) is 4. The predicted octanol–water partition coefficient (Wildman–Crippen LogP) is 2.94. The molecular weight excluding hydrogens is 356 g/mol. The number of benzene rings is 1. The fraction of sp³-hybridized carbons (Fsp3) is 0.353. The topological polar surface area (TPSA) is 61.4 Å². The zero-order valence-corrected chi connectivity index (χ0v) is 16.1. The summed E-state index contributed by atoms with van der Waals surface area (Å²) in [4.78, 5) is 17.6. The van der Waals surface area contributed by atoms with E-state index in [1.807, 2.05) is 25.1 Å². The Kier molecular flexibility index (Phi) is 5.60. The van der Waals surface area contributed by atoms with Crippen molar-refractivity contribution >= 4 is 39.2 Å². The highest BCUT2D eigenvalue weighted by Gasteiger charge is 2.12. The minimum Gasteiger partial charge on any atom is -0.494 e. The van der Waals surface area contributed by atoms with Gasteiger partial charge in [-0.25, -0.2) is 0 Å². The van der Waals surface area contributed by atoms with Crippen molar-refractivity contribution in [3.05, 3.63) is 41.0 Å². The van der Waals surface area contributed by atoms with Gasteiger partial charge in [-0.05, 0) is 37.4 Å². The van der Waals surface area contributed by atoms with Gasteiger partial charge in [-0.2, -0.15) is 21.9 Å². The van der Waals surface area contributed by atoms with Gasteiger partial charge in [-0.1, -0.05) is 11.3 Å². The van der Waals surface area contributed by atoms with Crippen LogP contribution in [0, 0.1) is 0 Å². The van der Waals surface area contributed by atoms with Crippen LogP contribution in [0.25, 0.3) is 10.2 Å². The van der Waals surface area contributed by atoms with Gasteiger partial charge in [0, 0.05) is 25.5 Å². The molecule has 0 saturated carbocycles. The van der Waals surface area contributed by atoms with Crippen molar-refractivity contribution in [1.82, 2.24) is 14.3 Å². The van der Waals surface area contributed by atoms with E-state index in [0.29, 0.717) is 17.1 Å². The first kappa shape index (κ1) is 17.8. The monoisotopic (exact) mass is 376 g/mol. The van der Waals surface area contributed by atoms with Crippen LogP contribution in [-0.2, 0) is 13.6 Å². The molecule has 1 amide bonds. The van der Waals surface area contributed by atoms with E-state index in [2.05, 4.69) is 20.9 Å². The Balaban J connectivity index is 2.10. The first-order chi connectivity index (χ1) is 12.1. The fourth-order valence-corrected chi connectivity index (χ4v) is 3.97. The number of carbonyl (C=O) groups is 1. The van der Waals surface area contributed by atoms with Crippen molar-refractivity contribution < 1.29 is 9.53 Å². The van der Waals surface area contributed by atoms with Crippen LogP contribution < -0.4 is 9.54 Å². The first-order valence-corrected chi connectivity index (χ1v) is 10.2. The van der Waals surface area contributed by atoms with E-state index in [1.54, 1.807) is 35.8 Å². The molecule has 0 bridgehead atoms. The minimum absolute atomic E-state index is 0.283. The summed E-state index contributed by atoms with van der Waals surface area (Å²) in [6.07, 6.45) is 3.67. The van der Waals surface area contributed by atoms with E-state index in [4.69, 9.17) is 4.74 Å². The van der Waals surface area contributed by atoms with Crippen molar-refractivity contribution in [3.63, 3.8) is 0 Å². The molecule has 0 N–H and O–H groups in total. The summed E-state index contributed by atoms with van der Waals surface area (Å²) in [6.45, 7) is 3.39. The maximum atomic E-state index is 12.5. The van der Waals surface area contributed by atoms with Crippen molar-refractivity contribution in [2.75, 3.05) is 18.6 Å². The van der Waals surface area contributed by atoms with Crippen LogP contribution in [0.3, 0.4) is 0 Å². The summed E-state index contributed by atoms with van der Waals surface area (Å²) in [5, 5.41) is 4.04. The number of thioether (sulfide) groups is 1. The zero-order chi connectivity index (χ0) is 17.8. The lowest BCUT2D eigenvalue weighted by Gasteiger charge is -2.05. The Morgan fingerprint density at radius 2 is 2.24 bits per heavy atom. The van der Waals surface area contributed by atoms with Crippen LogP contribution in [0.2, 0.25) is 0 Å². The molecule has 0 spiro atoms. The number of amides is 1. The van der Waals surface area contributed by atoms with Crippen molar-refractivity contribution in [3.8, 4) is 5.75 Å². The van der Waals surface area contributed by atoms with Gasteiger partial charge in [-0.15, -0.1) is 0 Å². The van der Waals surface area contributed by atoms with Crippen LogP contribution in [0.4, 0.5) is 0 Å². The average molecular weight is 377 g/mol. The molecule has 2 aromatic heterocycles. The van der Waals surface area contributed by atoms with Crippen LogP contribution in [-0.4, -0.2) is 38.9 Å². The van der Waals surface area contributed by atoms with Crippen LogP contribution in [0.15, 0.2) is 35.5 Å². The van der Waals surface area contributed by atoms with Crippen molar-refractivity contribution in [2.24, 2.45) is 12.0 Å². The van der Waals surface area contributed by atoms with Gasteiger partial charge in [0.1, 0.15) is 11.4 Å². The molecule has 0 unspecified atom stereocenters. The summed E-state index contributed by atoms with van der Waals surface area (Å²) in [6, 6.07) is 7.68. The van der Waals surface area contributed by atoms with Gasteiger partial charge in [0.05, 0.1) is 16.8 Å². The Labute approximate surface area is 154 Å². The third kappa shape index (κ3) is 3.80. The quantitative estimate of drug-likeness (QED) is 0.664. The maximum Gasteiger partial charge on any atom is 0.297 e. The number of fused-ring (bicyclic) bond motifs is 1. The molecule has 3 rings (SSSR count). The normalized spacial score (nSPS) is 12.0. The Morgan fingerprint density at radius 1 is 1.40 bits per heavy atom. The molecule has 8 heteroatoms. The summed E-state index contributed by atoms with van der Waals surface area (Å²) in [5.74, 6) is 1.50. The third-order valence-corrected chi connectivity index (χ3v) is 5.35. The molecule has 0 fully saturated rings. The van der Waals surface area contributed by atoms with E-state index < -0.39 is 0 Å². The molecule has 6 nitrogen and oxygen atoms in total. The summed E-state index contributed by atoms with van der Waals surface area (Å²) in [5.41, 5.74) is 1.54. The smallest absolute Gasteiger partial charge is 0.297 e. The number of hydrogen-bond acceptors (Lipinski definition) is 5. The van der Waals surface area contributed by atoms with Crippen LogP contribution in [0.5, 0.6) is 5.75 Å². The Hall–Kier alpha value is -2.06. The molecule has 3 aromatic rings. The molecule has 0 atom stereocenters. The number of ether oxygens (including phenoxy) is 1. The van der Waals surface area contributed by atoms with Gasteiger partial charge in [-0.3, -0.25) is 9.48 Å². The molecule has 1 aromatic carbocycles. The number of aryl methyl sites for hydroxylation is 2. The first-order valence-electron chi connectivity index (χ1n) is 7.96. The maximum absolute atomic E-state index is 12.5. The lowest BCUT2D eigenvalue weighted by molar-refractivity contribution is 0.0989. The highest BCUT2D eigenvalue weighted by Crippen LogP contribution is 2.23. The SMILES string of the molecule is CCOc1ccc2c(c1)sc(=NC(=O)c1ccnn1C)n2CCSC. The average Bonchev–Trinajstić information content (AvgIpc) is 3.16. The second-order valence-corrected chi connectivity index (χ2v) is 7.34. The lowest BCUT2D eigenvalue weighted by Crippen LogP contribution is -2.19. The number of thiazole rings is 1. The highest BCUT2D eigenvalue weighted by molar-refractivity contribution is 7.98. The summed E-state index contributed by atoms with van der Waals surface area (Å²) < 4.78 is 10.3. The standard InChI is InChI=1S/C17H20N4O2S2/c1-4-23-12-5-6-13-15(11-12)25-17(21(13)9-10-24-3)19-16(22)14-7-8-18-20(14)2/h5-8,11H,4,9-10H2,1-3H3. The molecule has 0 aliphatic carbocycles. The number of hydrogen-bond donors (Lipinski definition) is 0. The predicted molar refractivity (Wildman–Crippen MR) is 102 cm³/mol. The van der Waals surface area contributed by atoms with E-state index in [9.17, 15) is 4.79 Å².